The molecule has 0 aromatic carbocycles. The number of hydrogen-bond donors (Lipinski definition) is 1. The summed E-state index contributed by atoms with van der Waals surface area (Å²) < 4.78 is 0. The minimum Gasteiger partial charge on any atom is -0.328 e. The van der Waals surface area contributed by atoms with Crippen LogP contribution in [0.4, 0.5) is 0 Å². The van der Waals surface area contributed by atoms with Gasteiger partial charge in [-0.1, -0.05) is 12.8 Å². The van der Waals surface area contributed by atoms with Gasteiger partial charge in [0.25, 0.3) is 0 Å². The fourth-order valence-corrected chi connectivity index (χ4v) is 0.957. The summed E-state index contributed by atoms with van der Waals surface area (Å²) in [5, 5.41) is 0. The highest BCUT2D eigenvalue weighted by molar-refractivity contribution is 4.73. The molecule has 0 aliphatic heterocycles. The molecule has 0 radical (unpaired) electrons. The van der Waals surface area contributed by atoms with Crippen molar-refractivity contribution in [1.29, 1.82) is 0 Å². The van der Waals surface area contributed by atoms with Crippen LogP contribution in [-0.2, 0) is 0 Å². The second-order valence-electron chi connectivity index (χ2n) is 2.33. The summed E-state index contributed by atoms with van der Waals surface area (Å²) in [6, 6.07) is 0.546. The van der Waals surface area contributed by atoms with E-state index in [0.29, 0.717) is 6.04 Å². The van der Waals surface area contributed by atoms with Gasteiger partial charge in [0.1, 0.15) is 0 Å². The Morgan fingerprint density at radius 1 is 1.44 bits per heavy atom. The van der Waals surface area contributed by atoms with Gasteiger partial charge in [0.15, 0.2) is 0 Å². The van der Waals surface area contributed by atoms with E-state index in [1.165, 1.54) is 25.7 Å². The topological polar surface area (TPSA) is 26.0 Å². The van der Waals surface area contributed by atoms with E-state index in [1.807, 2.05) is 0 Å². The van der Waals surface area contributed by atoms with Gasteiger partial charge in [-0.25, -0.2) is 0 Å². The van der Waals surface area contributed by atoms with Crippen molar-refractivity contribution in [3.63, 3.8) is 0 Å². The van der Waals surface area contributed by atoms with E-state index in [2.05, 4.69) is 12.3 Å². The Balaban J connectivity index is 0.000000187. The fraction of sp³-hybridized carbons (Fsp3) is 0.750. The van der Waals surface area contributed by atoms with Crippen LogP contribution in [0, 0.1) is 12.3 Å². The molecular weight excluding hydrogens is 110 g/mol. The molecule has 0 aromatic rings. The van der Waals surface area contributed by atoms with E-state index >= 15 is 0 Å². The summed E-state index contributed by atoms with van der Waals surface area (Å²) in [4.78, 5) is 0. The summed E-state index contributed by atoms with van der Waals surface area (Å²) in [7, 11) is 0. The van der Waals surface area contributed by atoms with Crippen LogP contribution in [0.25, 0.3) is 0 Å². The van der Waals surface area contributed by atoms with E-state index < -0.39 is 0 Å². The standard InChI is InChI=1S/C5H11N.C3H4/c6-5-3-1-2-4-5;1-3-2/h5H,1-4,6H2;1H,2H3. The molecule has 1 fully saturated rings. The molecule has 0 amide bonds. The first-order valence-electron chi connectivity index (χ1n) is 3.44. The van der Waals surface area contributed by atoms with Gasteiger partial charge in [-0.05, 0) is 19.8 Å². The van der Waals surface area contributed by atoms with Crippen molar-refractivity contribution in [3.8, 4) is 12.3 Å². The number of hydrogen-bond acceptors (Lipinski definition) is 1. The Bertz CT molecular complexity index is 85.2. The minimum absolute atomic E-state index is 0.546. The largest absolute Gasteiger partial charge is 0.328 e. The lowest BCUT2D eigenvalue weighted by atomic mass is 10.3. The zero-order chi connectivity index (χ0) is 7.11. The maximum atomic E-state index is 5.53. The second kappa shape index (κ2) is 5.65. The predicted octanol–water partition coefficient (Wildman–Crippen LogP) is 1.53. The Labute approximate surface area is 57.6 Å². The Morgan fingerprint density at radius 2 is 1.78 bits per heavy atom. The molecule has 52 valence electrons. The molecule has 1 aliphatic rings. The molecule has 1 aliphatic carbocycles. The molecule has 2 N–H and O–H groups in total. The lowest BCUT2D eigenvalue weighted by molar-refractivity contribution is 0.704. The van der Waals surface area contributed by atoms with Gasteiger partial charge in [0.2, 0.25) is 0 Å². The number of rotatable bonds is 0. The van der Waals surface area contributed by atoms with Crippen molar-refractivity contribution in [2.24, 2.45) is 5.73 Å². The van der Waals surface area contributed by atoms with E-state index in [-0.39, 0.29) is 0 Å². The summed E-state index contributed by atoms with van der Waals surface area (Å²) in [6.07, 6.45) is 9.85. The summed E-state index contributed by atoms with van der Waals surface area (Å²) in [6.45, 7) is 1.65. The molecule has 9 heavy (non-hydrogen) atoms. The molecule has 0 spiro atoms. The van der Waals surface area contributed by atoms with Crippen molar-refractivity contribution >= 4 is 0 Å². The van der Waals surface area contributed by atoms with Crippen molar-refractivity contribution in [3.05, 3.63) is 0 Å². The normalized spacial score (nSPS) is 17.9. The van der Waals surface area contributed by atoms with Crippen LogP contribution < -0.4 is 5.73 Å². The third-order valence-electron chi connectivity index (χ3n) is 1.40. The van der Waals surface area contributed by atoms with E-state index in [4.69, 9.17) is 5.73 Å². The Hall–Kier alpha value is -0.480. The first-order valence-corrected chi connectivity index (χ1v) is 3.44. The van der Waals surface area contributed by atoms with Gasteiger partial charge in [-0.3, -0.25) is 0 Å². The van der Waals surface area contributed by atoms with Gasteiger partial charge < -0.3 is 5.73 Å². The van der Waals surface area contributed by atoms with Gasteiger partial charge >= 0.3 is 0 Å². The highest BCUT2D eigenvalue weighted by atomic mass is 14.6. The maximum Gasteiger partial charge on any atom is 0.00388 e. The average molecular weight is 125 g/mol. The summed E-state index contributed by atoms with van der Waals surface area (Å²) in [5.41, 5.74) is 5.53. The molecule has 0 bridgehead atoms. The van der Waals surface area contributed by atoms with Crippen LogP contribution in [0.2, 0.25) is 0 Å². The first-order chi connectivity index (χ1) is 4.31. The monoisotopic (exact) mass is 125 g/mol. The molecule has 0 aromatic heterocycles. The molecule has 0 unspecified atom stereocenters. The maximum absolute atomic E-state index is 5.53. The Morgan fingerprint density at radius 3 is 1.89 bits per heavy atom. The first kappa shape index (κ1) is 8.52. The molecule has 0 atom stereocenters. The summed E-state index contributed by atoms with van der Waals surface area (Å²) >= 11 is 0. The zero-order valence-electron chi connectivity index (χ0n) is 6.06. The highest BCUT2D eigenvalue weighted by Crippen LogP contribution is 2.14. The Kier molecular flexibility index (Phi) is 5.35. The van der Waals surface area contributed by atoms with E-state index in [1.54, 1.807) is 6.92 Å². The van der Waals surface area contributed by atoms with Gasteiger partial charge in [0.05, 0.1) is 0 Å². The van der Waals surface area contributed by atoms with Crippen LogP contribution in [0.15, 0.2) is 0 Å². The van der Waals surface area contributed by atoms with Crippen LogP contribution in [0.5, 0.6) is 0 Å². The average Bonchev–Trinajstić information content (AvgIpc) is 2.20. The summed E-state index contributed by atoms with van der Waals surface area (Å²) in [5.74, 6) is 2.25. The SMILES string of the molecule is C#CC.NC1CCCC1. The zero-order valence-corrected chi connectivity index (χ0v) is 6.06. The van der Waals surface area contributed by atoms with Crippen LogP contribution in [-0.4, -0.2) is 6.04 Å². The molecule has 1 saturated carbocycles. The third kappa shape index (κ3) is 5.39. The number of terminal acetylenes is 1. The fourth-order valence-electron chi connectivity index (χ4n) is 0.957. The molecule has 1 nitrogen and oxygen atoms in total. The molecule has 0 heterocycles. The quantitative estimate of drug-likeness (QED) is 0.488. The van der Waals surface area contributed by atoms with Gasteiger partial charge in [0, 0.05) is 6.04 Å². The van der Waals surface area contributed by atoms with E-state index in [9.17, 15) is 0 Å². The minimum atomic E-state index is 0.546. The van der Waals surface area contributed by atoms with Crippen molar-refractivity contribution in [2.45, 2.75) is 38.6 Å². The van der Waals surface area contributed by atoms with Crippen LogP contribution in [0.3, 0.4) is 0 Å². The smallest absolute Gasteiger partial charge is 0.00388 e. The van der Waals surface area contributed by atoms with Gasteiger partial charge in [-0.2, -0.15) is 0 Å². The van der Waals surface area contributed by atoms with Crippen LogP contribution in [0.1, 0.15) is 32.6 Å². The highest BCUT2D eigenvalue weighted by Gasteiger charge is 2.07. The molecular formula is C8H15N. The van der Waals surface area contributed by atoms with Crippen molar-refractivity contribution in [1.82, 2.24) is 0 Å². The van der Waals surface area contributed by atoms with Crippen molar-refractivity contribution in [2.75, 3.05) is 0 Å². The molecule has 0 saturated heterocycles. The van der Waals surface area contributed by atoms with Gasteiger partial charge in [-0.15, -0.1) is 12.3 Å². The molecule has 1 heteroatoms. The van der Waals surface area contributed by atoms with Crippen LogP contribution >= 0.6 is 0 Å². The van der Waals surface area contributed by atoms with Crippen molar-refractivity contribution < 1.29 is 0 Å². The van der Waals surface area contributed by atoms with E-state index in [0.717, 1.165) is 0 Å². The predicted molar refractivity (Wildman–Crippen MR) is 41.0 cm³/mol. The second-order valence-corrected chi connectivity index (χ2v) is 2.33. The third-order valence-corrected chi connectivity index (χ3v) is 1.40. The lowest BCUT2D eigenvalue weighted by Gasteiger charge is -1.92. The molecule has 1 rings (SSSR count). The number of nitrogens with two attached hydrogens (primary N) is 1. The lowest BCUT2D eigenvalue weighted by Crippen LogP contribution is -2.13.